The molecule has 1 heterocycles. The van der Waals surface area contributed by atoms with Crippen molar-refractivity contribution in [2.75, 3.05) is 19.0 Å². The van der Waals surface area contributed by atoms with Crippen LogP contribution in [0.25, 0.3) is 5.69 Å². The second-order valence-electron chi connectivity index (χ2n) is 9.06. The number of para-hydroxylation sites is 2. The molecule has 0 bridgehead atoms. The van der Waals surface area contributed by atoms with Crippen LogP contribution < -0.4 is 4.90 Å². The van der Waals surface area contributed by atoms with Gasteiger partial charge < -0.3 is 4.90 Å². The van der Waals surface area contributed by atoms with E-state index in [2.05, 4.69) is 94.9 Å². The fraction of sp³-hybridized carbons (Fsp3) is 0.267. The van der Waals surface area contributed by atoms with Gasteiger partial charge >= 0.3 is 0 Å². The molecular formula is C30H34N6S. The predicted molar refractivity (Wildman–Crippen MR) is 155 cm³/mol. The van der Waals surface area contributed by atoms with Crippen LogP contribution in [0.3, 0.4) is 0 Å². The highest BCUT2D eigenvalue weighted by molar-refractivity contribution is 8.03. The van der Waals surface area contributed by atoms with Gasteiger partial charge in [0.15, 0.2) is 0 Å². The van der Waals surface area contributed by atoms with Crippen LogP contribution in [0.15, 0.2) is 111 Å². The molecule has 1 aliphatic carbocycles. The fourth-order valence-corrected chi connectivity index (χ4v) is 5.27. The van der Waals surface area contributed by atoms with Crippen LogP contribution in [-0.4, -0.2) is 40.0 Å². The molecule has 2 aromatic carbocycles. The number of benzene rings is 2. The minimum atomic E-state index is 0.749. The van der Waals surface area contributed by atoms with Gasteiger partial charge in [-0.25, -0.2) is 0 Å². The summed E-state index contributed by atoms with van der Waals surface area (Å²) in [6.45, 7) is 6.32. The Hall–Kier alpha value is -3.71. The molecule has 0 spiro atoms. The first kappa shape index (κ1) is 26.4. The Morgan fingerprint density at radius 3 is 2.57 bits per heavy atom. The first-order valence-electron chi connectivity index (χ1n) is 12.5. The Balaban J connectivity index is 1.72. The maximum atomic E-state index is 4.37. The van der Waals surface area contributed by atoms with Crippen LogP contribution >= 0.6 is 11.8 Å². The molecule has 0 saturated carbocycles. The highest BCUT2D eigenvalue weighted by Crippen LogP contribution is 2.41. The SMILES string of the molecule is C/N=C(C)\C=C\C1=C(Sc2nnnn2-c2ccccc2)C(=C/C=C(\C)N(C)c2ccccc2C)/CCC1. The number of nitrogens with zero attached hydrogens (tertiary/aromatic N) is 6. The summed E-state index contributed by atoms with van der Waals surface area (Å²) < 4.78 is 1.80. The molecule has 7 heteroatoms. The van der Waals surface area contributed by atoms with E-state index >= 15 is 0 Å². The van der Waals surface area contributed by atoms with Gasteiger partial charge in [0.1, 0.15) is 0 Å². The molecule has 3 aromatic rings. The smallest absolute Gasteiger partial charge is 0.218 e. The third kappa shape index (κ3) is 6.54. The molecule has 0 saturated heterocycles. The van der Waals surface area contributed by atoms with E-state index < -0.39 is 0 Å². The van der Waals surface area contributed by atoms with Gasteiger partial charge in [-0.2, -0.15) is 4.68 Å². The number of thioether (sulfide) groups is 1. The minimum absolute atomic E-state index is 0.749. The number of allylic oxidation sites excluding steroid dienone is 7. The van der Waals surface area contributed by atoms with Gasteiger partial charge in [-0.3, -0.25) is 4.99 Å². The molecule has 1 aromatic heterocycles. The van der Waals surface area contributed by atoms with Crippen LogP contribution in [0, 0.1) is 6.92 Å². The van der Waals surface area contributed by atoms with Crippen molar-refractivity contribution in [2.24, 2.45) is 4.99 Å². The summed E-state index contributed by atoms with van der Waals surface area (Å²) in [6, 6.07) is 18.5. The molecule has 0 fully saturated rings. The Morgan fingerprint density at radius 2 is 1.81 bits per heavy atom. The molecule has 1 aliphatic rings. The monoisotopic (exact) mass is 510 g/mol. The Morgan fingerprint density at radius 1 is 1.05 bits per heavy atom. The molecule has 0 amide bonds. The zero-order valence-electron chi connectivity index (χ0n) is 22.2. The second-order valence-corrected chi connectivity index (χ2v) is 10.0. The number of hydrogen-bond acceptors (Lipinski definition) is 6. The quantitative estimate of drug-likeness (QED) is 0.302. The lowest BCUT2D eigenvalue weighted by Gasteiger charge is -2.23. The maximum Gasteiger partial charge on any atom is 0.218 e. The number of hydrogen-bond donors (Lipinski definition) is 0. The molecule has 0 radical (unpaired) electrons. The first-order valence-corrected chi connectivity index (χ1v) is 13.3. The summed E-state index contributed by atoms with van der Waals surface area (Å²) in [5, 5.41) is 13.4. The number of aliphatic imine (C=N–C) groups is 1. The van der Waals surface area contributed by atoms with Gasteiger partial charge in [-0.15, -0.1) is 5.10 Å². The lowest BCUT2D eigenvalue weighted by Crippen LogP contribution is -2.15. The zero-order valence-corrected chi connectivity index (χ0v) is 23.0. The summed E-state index contributed by atoms with van der Waals surface area (Å²) in [4.78, 5) is 7.74. The summed E-state index contributed by atoms with van der Waals surface area (Å²) in [5.74, 6) is 0. The lowest BCUT2D eigenvalue weighted by molar-refractivity contribution is 0.755. The van der Waals surface area contributed by atoms with Crippen LogP contribution in [0.1, 0.15) is 38.7 Å². The van der Waals surface area contributed by atoms with E-state index in [-0.39, 0.29) is 0 Å². The van der Waals surface area contributed by atoms with Crippen LogP contribution in [0.5, 0.6) is 0 Å². The molecule has 0 unspecified atom stereocenters. The normalized spacial score (nSPS) is 16.2. The maximum absolute atomic E-state index is 4.37. The van der Waals surface area contributed by atoms with Gasteiger partial charge in [-0.1, -0.05) is 48.6 Å². The molecule has 6 nitrogen and oxygen atoms in total. The average Bonchev–Trinajstić information content (AvgIpc) is 3.39. The predicted octanol–water partition coefficient (Wildman–Crippen LogP) is 7.11. The largest absolute Gasteiger partial charge is 0.348 e. The fourth-order valence-electron chi connectivity index (χ4n) is 4.18. The van der Waals surface area contributed by atoms with E-state index in [1.807, 2.05) is 44.3 Å². The zero-order chi connectivity index (χ0) is 26.2. The van der Waals surface area contributed by atoms with Gasteiger partial charge in [0.25, 0.3) is 0 Å². The molecule has 0 aliphatic heterocycles. The molecule has 37 heavy (non-hydrogen) atoms. The number of aryl methyl sites for hydroxylation is 1. The highest BCUT2D eigenvalue weighted by Gasteiger charge is 2.21. The van der Waals surface area contributed by atoms with Gasteiger partial charge in [-0.05, 0) is 109 Å². The standard InChI is InChI=1S/C30H34N6S/c1-22-12-9-10-17-28(22)35(5)24(3)19-21-26-14-11-13-25(20-18-23(2)31-4)29(26)37-30-32-33-34-36(30)27-15-7-6-8-16-27/h6-10,12,15-21H,11,13-14H2,1-5H3/b20-18+,24-19+,26-21+,31-23-. The lowest BCUT2D eigenvalue weighted by atomic mass is 9.94. The topological polar surface area (TPSA) is 59.2 Å². The van der Waals surface area contributed by atoms with Gasteiger partial charge in [0, 0.05) is 36.1 Å². The minimum Gasteiger partial charge on any atom is -0.348 e. The number of aromatic nitrogens is 4. The van der Waals surface area contributed by atoms with E-state index in [1.54, 1.807) is 16.4 Å². The summed E-state index contributed by atoms with van der Waals surface area (Å²) >= 11 is 1.63. The van der Waals surface area contributed by atoms with Gasteiger partial charge in [0.2, 0.25) is 5.16 Å². The van der Waals surface area contributed by atoms with E-state index in [0.29, 0.717) is 0 Å². The third-order valence-electron chi connectivity index (χ3n) is 6.52. The third-order valence-corrected chi connectivity index (χ3v) is 7.69. The van der Waals surface area contributed by atoms with Crippen LogP contribution in [0.4, 0.5) is 5.69 Å². The Kier molecular flexibility index (Phi) is 8.90. The molecular weight excluding hydrogens is 476 g/mol. The van der Waals surface area contributed by atoms with E-state index in [1.165, 1.54) is 33.0 Å². The molecule has 190 valence electrons. The van der Waals surface area contributed by atoms with Crippen molar-refractivity contribution >= 4 is 23.2 Å². The first-order chi connectivity index (χ1) is 18.0. The number of rotatable bonds is 8. The van der Waals surface area contributed by atoms with Crippen molar-refractivity contribution in [2.45, 2.75) is 45.2 Å². The number of anilines is 1. The molecule has 0 N–H and O–H groups in total. The average molecular weight is 511 g/mol. The summed E-state index contributed by atoms with van der Waals surface area (Å²) in [7, 11) is 3.94. The van der Waals surface area contributed by atoms with Crippen molar-refractivity contribution in [1.29, 1.82) is 0 Å². The van der Waals surface area contributed by atoms with Crippen molar-refractivity contribution in [1.82, 2.24) is 20.2 Å². The number of tetrazole rings is 1. The molecule has 0 atom stereocenters. The van der Waals surface area contributed by atoms with E-state index in [4.69, 9.17) is 0 Å². The van der Waals surface area contributed by atoms with Crippen molar-refractivity contribution in [3.05, 3.63) is 106 Å². The van der Waals surface area contributed by atoms with Crippen molar-refractivity contribution < 1.29 is 0 Å². The Labute approximate surface area is 224 Å². The summed E-state index contributed by atoms with van der Waals surface area (Å²) in [6.07, 6.45) is 11.9. The van der Waals surface area contributed by atoms with Crippen LogP contribution in [0.2, 0.25) is 0 Å². The van der Waals surface area contributed by atoms with Crippen molar-refractivity contribution in [3.8, 4) is 5.69 Å². The van der Waals surface area contributed by atoms with E-state index in [9.17, 15) is 0 Å². The summed E-state index contributed by atoms with van der Waals surface area (Å²) in [5.41, 5.74) is 8.16. The van der Waals surface area contributed by atoms with Crippen molar-refractivity contribution in [3.63, 3.8) is 0 Å². The molecule has 4 rings (SSSR count). The van der Waals surface area contributed by atoms with Crippen LogP contribution in [-0.2, 0) is 0 Å². The Bertz CT molecular complexity index is 1380. The second kappa shape index (κ2) is 12.5. The highest BCUT2D eigenvalue weighted by atomic mass is 32.2. The van der Waals surface area contributed by atoms with E-state index in [0.717, 1.165) is 35.8 Å². The van der Waals surface area contributed by atoms with Gasteiger partial charge in [0.05, 0.1) is 5.69 Å².